The summed E-state index contributed by atoms with van der Waals surface area (Å²) in [7, 11) is -0.846. The van der Waals surface area contributed by atoms with Crippen molar-refractivity contribution in [3.63, 3.8) is 0 Å². The number of benzene rings is 2. The van der Waals surface area contributed by atoms with Crippen LogP contribution in [0.3, 0.4) is 0 Å². The molecule has 2 aromatic carbocycles. The molecule has 0 radical (unpaired) electrons. The summed E-state index contributed by atoms with van der Waals surface area (Å²) in [6, 6.07) is 11.9. The standard InChI is InChI=1S/C18H18N2O4S/c1-12-6-8-15(23-2)17(11-12)25(21,22)20-14-7-9-16(24-3)18-13(14)5-4-10-19-18/h4-11,20H,1-3H3. The van der Waals surface area contributed by atoms with Crippen molar-refractivity contribution in [1.29, 1.82) is 0 Å². The summed E-state index contributed by atoms with van der Waals surface area (Å²) in [5.41, 5.74) is 1.83. The Bertz CT molecular complexity index is 1030. The third kappa shape index (κ3) is 3.23. The molecule has 0 spiro atoms. The fourth-order valence-electron chi connectivity index (χ4n) is 2.59. The quantitative estimate of drug-likeness (QED) is 0.757. The number of ether oxygens (including phenoxy) is 2. The first-order chi connectivity index (χ1) is 12.0. The predicted molar refractivity (Wildman–Crippen MR) is 96.8 cm³/mol. The molecular weight excluding hydrogens is 340 g/mol. The molecule has 0 saturated heterocycles. The van der Waals surface area contributed by atoms with E-state index in [2.05, 4.69) is 9.71 Å². The molecule has 1 N–H and O–H groups in total. The summed E-state index contributed by atoms with van der Waals surface area (Å²) < 4.78 is 38.9. The lowest BCUT2D eigenvalue weighted by atomic mass is 10.2. The number of aromatic nitrogens is 1. The van der Waals surface area contributed by atoms with E-state index < -0.39 is 10.0 Å². The van der Waals surface area contributed by atoms with Gasteiger partial charge in [-0.05, 0) is 48.9 Å². The van der Waals surface area contributed by atoms with Crippen LogP contribution in [0.1, 0.15) is 5.56 Å². The average Bonchev–Trinajstić information content (AvgIpc) is 2.62. The summed E-state index contributed by atoms with van der Waals surface area (Å²) in [5, 5.41) is 0.650. The van der Waals surface area contributed by atoms with Gasteiger partial charge in [-0.3, -0.25) is 9.71 Å². The van der Waals surface area contributed by atoms with Gasteiger partial charge < -0.3 is 9.47 Å². The Labute approximate surface area is 146 Å². The largest absolute Gasteiger partial charge is 0.495 e. The van der Waals surface area contributed by atoms with Gasteiger partial charge in [0.1, 0.15) is 21.9 Å². The average molecular weight is 358 g/mol. The number of rotatable bonds is 5. The van der Waals surface area contributed by atoms with Gasteiger partial charge in [0.15, 0.2) is 0 Å². The molecule has 0 bridgehead atoms. The molecule has 1 aromatic heterocycles. The zero-order valence-electron chi connectivity index (χ0n) is 14.1. The van der Waals surface area contributed by atoms with Crippen LogP contribution in [0.25, 0.3) is 10.9 Å². The van der Waals surface area contributed by atoms with Crippen molar-refractivity contribution >= 4 is 26.6 Å². The highest BCUT2D eigenvalue weighted by Gasteiger charge is 2.21. The fourth-order valence-corrected chi connectivity index (χ4v) is 3.93. The highest BCUT2D eigenvalue weighted by atomic mass is 32.2. The monoisotopic (exact) mass is 358 g/mol. The SMILES string of the molecule is COc1ccc(C)cc1S(=O)(=O)Nc1ccc(OC)c2ncccc12. The Kier molecular flexibility index (Phi) is 4.50. The van der Waals surface area contributed by atoms with Crippen LogP contribution in [0.15, 0.2) is 53.6 Å². The maximum atomic E-state index is 12.9. The molecule has 0 amide bonds. The van der Waals surface area contributed by atoms with Gasteiger partial charge in [-0.15, -0.1) is 0 Å². The Morgan fingerprint density at radius 3 is 2.44 bits per heavy atom. The zero-order valence-corrected chi connectivity index (χ0v) is 14.9. The number of aryl methyl sites for hydroxylation is 1. The maximum absolute atomic E-state index is 12.9. The molecule has 1 heterocycles. The summed E-state index contributed by atoms with van der Waals surface area (Å²) >= 11 is 0. The van der Waals surface area contributed by atoms with Gasteiger partial charge in [0, 0.05) is 11.6 Å². The number of nitrogens with one attached hydrogen (secondary N) is 1. The third-order valence-electron chi connectivity index (χ3n) is 3.81. The number of hydrogen-bond donors (Lipinski definition) is 1. The van der Waals surface area contributed by atoms with Crippen LogP contribution in [0.5, 0.6) is 11.5 Å². The molecule has 6 nitrogen and oxygen atoms in total. The molecule has 25 heavy (non-hydrogen) atoms. The van der Waals surface area contributed by atoms with Crippen LogP contribution in [-0.4, -0.2) is 27.6 Å². The number of methoxy groups -OCH3 is 2. The Morgan fingerprint density at radius 1 is 1.00 bits per heavy atom. The highest BCUT2D eigenvalue weighted by molar-refractivity contribution is 7.92. The van der Waals surface area contributed by atoms with Crippen LogP contribution in [0, 0.1) is 6.92 Å². The molecule has 0 aliphatic heterocycles. The molecule has 130 valence electrons. The second-order valence-electron chi connectivity index (χ2n) is 5.47. The number of anilines is 1. The van der Waals surface area contributed by atoms with Crippen molar-refractivity contribution < 1.29 is 17.9 Å². The molecule has 3 rings (SSSR count). The van der Waals surface area contributed by atoms with Crippen LogP contribution < -0.4 is 14.2 Å². The minimum absolute atomic E-state index is 0.0860. The molecule has 0 fully saturated rings. The summed E-state index contributed by atoms with van der Waals surface area (Å²) in [5.74, 6) is 0.862. The minimum atomic E-state index is -3.83. The van der Waals surface area contributed by atoms with Gasteiger partial charge in [-0.2, -0.15) is 0 Å². The number of hydrogen-bond acceptors (Lipinski definition) is 5. The van der Waals surface area contributed by atoms with Crippen molar-refractivity contribution in [3.8, 4) is 11.5 Å². The summed E-state index contributed by atoms with van der Waals surface area (Å²) in [4.78, 5) is 4.36. The van der Waals surface area contributed by atoms with E-state index >= 15 is 0 Å². The molecule has 0 unspecified atom stereocenters. The first-order valence-electron chi connectivity index (χ1n) is 7.55. The van der Waals surface area contributed by atoms with Crippen LogP contribution in [0.2, 0.25) is 0 Å². The summed E-state index contributed by atoms with van der Waals surface area (Å²) in [6.45, 7) is 1.82. The Hall–Kier alpha value is -2.80. The smallest absolute Gasteiger partial charge is 0.265 e. The van der Waals surface area contributed by atoms with E-state index in [1.165, 1.54) is 7.11 Å². The molecule has 0 aliphatic carbocycles. The topological polar surface area (TPSA) is 77.5 Å². The van der Waals surface area contributed by atoms with E-state index in [9.17, 15) is 8.42 Å². The van der Waals surface area contributed by atoms with E-state index in [-0.39, 0.29) is 10.6 Å². The second kappa shape index (κ2) is 6.60. The van der Waals surface area contributed by atoms with E-state index in [0.29, 0.717) is 22.3 Å². The van der Waals surface area contributed by atoms with E-state index in [1.807, 2.05) is 6.92 Å². The van der Waals surface area contributed by atoms with Crippen LogP contribution in [-0.2, 0) is 10.0 Å². The fraction of sp³-hybridized carbons (Fsp3) is 0.167. The predicted octanol–water partition coefficient (Wildman–Crippen LogP) is 3.36. The first kappa shape index (κ1) is 17.0. The van der Waals surface area contributed by atoms with E-state index in [4.69, 9.17) is 9.47 Å². The number of sulfonamides is 1. The number of pyridine rings is 1. The molecule has 0 saturated carbocycles. The van der Waals surface area contributed by atoms with E-state index in [1.54, 1.807) is 55.8 Å². The van der Waals surface area contributed by atoms with Gasteiger partial charge in [0.25, 0.3) is 10.0 Å². The van der Waals surface area contributed by atoms with Crippen molar-refractivity contribution in [2.24, 2.45) is 0 Å². The van der Waals surface area contributed by atoms with Gasteiger partial charge in [-0.1, -0.05) is 6.07 Å². The third-order valence-corrected chi connectivity index (χ3v) is 5.19. The Morgan fingerprint density at radius 2 is 1.72 bits per heavy atom. The normalized spacial score (nSPS) is 11.3. The lowest BCUT2D eigenvalue weighted by Gasteiger charge is -2.14. The molecule has 3 aromatic rings. The van der Waals surface area contributed by atoms with Crippen molar-refractivity contribution in [1.82, 2.24) is 4.98 Å². The van der Waals surface area contributed by atoms with Crippen LogP contribution >= 0.6 is 0 Å². The molecule has 0 atom stereocenters. The molecular formula is C18H18N2O4S. The van der Waals surface area contributed by atoms with E-state index in [0.717, 1.165) is 5.56 Å². The number of nitrogens with zero attached hydrogens (tertiary/aromatic N) is 1. The molecule has 0 aliphatic rings. The number of fused-ring (bicyclic) bond motifs is 1. The van der Waals surface area contributed by atoms with Gasteiger partial charge in [-0.25, -0.2) is 8.42 Å². The maximum Gasteiger partial charge on any atom is 0.265 e. The highest BCUT2D eigenvalue weighted by Crippen LogP contribution is 2.32. The first-order valence-corrected chi connectivity index (χ1v) is 9.04. The van der Waals surface area contributed by atoms with Crippen LogP contribution in [0.4, 0.5) is 5.69 Å². The molecule has 7 heteroatoms. The summed E-state index contributed by atoms with van der Waals surface area (Å²) in [6.07, 6.45) is 1.63. The zero-order chi connectivity index (χ0) is 18.0. The van der Waals surface area contributed by atoms with Gasteiger partial charge in [0.05, 0.1) is 19.9 Å². The second-order valence-corrected chi connectivity index (χ2v) is 7.13. The van der Waals surface area contributed by atoms with Crippen molar-refractivity contribution in [2.45, 2.75) is 11.8 Å². The lowest BCUT2D eigenvalue weighted by Crippen LogP contribution is -2.14. The van der Waals surface area contributed by atoms with Crippen molar-refractivity contribution in [2.75, 3.05) is 18.9 Å². The Balaban J connectivity index is 2.11. The van der Waals surface area contributed by atoms with Gasteiger partial charge in [0.2, 0.25) is 0 Å². The van der Waals surface area contributed by atoms with Gasteiger partial charge >= 0.3 is 0 Å². The van der Waals surface area contributed by atoms with Crippen molar-refractivity contribution in [3.05, 3.63) is 54.2 Å². The minimum Gasteiger partial charge on any atom is -0.495 e. The lowest BCUT2D eigenvalue weighted by molar-refractivity contribution is 0.402.